The zero-order chi connectivity index (χ0) is 24.8. The molecule has 0 aliphatic rings. The van der Waals surface area contributed by atoms with Gasteiger partial charge in [0, 0.05) is 13.0 Å². The van der Waals surface area contributed by atoms with Gasteiger partial charge in [0.25, 0.3) is 0 Å². The van der Waals surface area contributed by atoms with Crippen molar-refractivity contribution in [3.63, 3.8) is 0 Å². The van der Waals surface area contributed by atoms with Gasteiger partial charge in [-0.25, -0.2) is 0 Å². The second-order valence-electron chi connectivity index (χ2n) is 7.39. The van der Waals surface area contributed by atoms with Crippen LogP contribution in [0.15, 0.2) is 4.99 Å². The van der Waals surface area contributed by atoms with Crippen molar-refractivity contribution in [3.05, 3.63) is 0 Å². The SMILES string of the molecule is CC(C)C(NC(=O)C(N)CCCN=C(N)N)C(=O)NC(CCC(=O)O)C(=O)NCC(=O)O. The monoisotopic (exact) mass is 459 g/mol. The van der Waals surface area contributed by atoms with E-state index in [1.54, 1.807) is 13.8 Å². The van der Waals surface area contributed by atoms with E-state index >= 15 is 0 Å². The number of carbonyl (C=O) groups is 5. The van der Waals surface area contributed by atoms with Gasteiger partial charge in [0.15, 0.2) is 5.96 Å². The van der Waals surface area contributed by atoms with E-state index in [0.29, 0.717) is 6.42 Å². The molecule has 3 unspecified atom stereocenters. The molecule has 0 aliphatic carbocycles. The van der Waals surface area contributed by atoms with Crippen molar-refractivity contribution >= 4 is 35.6 Å². The number of rotatable bonds is 15. The number of hydrogen-bond acceptors (Lipinski definition) is 7. The van der Waals surface area contributed by atoms with Crippen molar-refractivity contribution in [3.8, 4) is 0 Å². The van der Waals surface area contributed by atoms with Crippen LogP contribution in [-0.4, -0.2) is 77.0 Å². The molecule has 0 bridgehead atoms. The number of nitrogens with two attached hydrogens (primary N) is 3. The van der Waals surface area contributed by atoms with Crippen LogP contribution >= 0.6 is 0 Å². The standard InChI is InChI=1S/C18H33N7O7/c1-9(2)14(25-15(30)10(19)4-3-7-22-18(20)21)17(32)24-11(5-6-12(26)27)16(31)23-8-13(28)29/h9-11,14H,3-8,19H2,1-2H3,(H,23,31)(H,24,32)(H,25,30)(H,26,27)(H,28,29)(H4,20,21,22). The van der Waals surface area contributed by atoms with Crippen LogP contribution in [-0.2, 0) is 24.0 Å². The fourth-order valence-electron chi connectivity index (χ4n) is 2.53. The quantitative estimate of drug-likeness (QED) is 0.0702. The number of nitrogens with one attached hydrogen (secondary N) is 3. The Morgan fingerprint density at radius 1 is 0.906 bits per heavy atom. The number of aliphatic carboxylic acids is 2. The molecule has 0 aromatic rings. The Hall–Kier alpha value is -3.42. The Bertz CT molecular complexity index is 708. The normalized spacial score (nSPS) is 13.4. The average Bonchev–Trinajstić information content (AvgIpc) is 2.69. The van der Waals surface area contributed by atoms with Crippen molar-refractivity contribution in [1.29, 1.82) is 0 Å². The van der Waals surface area contributed by atoms with Gasteiger partial charge in [0.05, 0.1) is 6.04 Å². The summed E-state index contributed by atoms with van der Waals surface area (Å²) in [6, 6.07) is -3.30. The smallest absolute Gasteiger partial charge is 0.322 e. The molecule has 0 heterocycles. The van der Waals surface area contributed by atoms with Crippen LogP contribution < -0.4 is 33.2 Å². The Morgan fingerprint density at radius 2 is 1.53 bits per heavy atom. The molecule has 32 heavy (non-hydrogen) atoms. The minimum atomic E-state index is -1.30. The lowest BCUT2D eigenvalue weighted by Gasteiger charge is -2.26. The minimum Gasteiger partial charge on any atom is -0.481 e. The van der Waals surface area contributed by atoms with Gasteiger partial charge in [-0.15, -0.1) is 0 Å². The molecule has 0 rings (SSSR count). The fourth-order valence-corrected chi connectivity index (χ4v) is 2.53. The number of carbonyl (C=O) groups excluding carboxylic acids is 3. The van der Waals surface area contributed by atoms with E-state index < -0.39 is 66.7 Å². The highest BCUT2D eigenvalue weighted by Gasteiger charge is 2.30. The summed E-state index contributed by atoms with van der Waals surface area (Å²) < 4.78 is 0. The Kier molecular flexibility index (Phi) is 13.0. The highest BCUT2D eigenvalue weighted by atomic mass is 16.4. The van der Waals surface area contributed by atoms with Crippen molar-refractivity contribution in [2.75, 3.05) is 13.1 Å². The Balaban J connectivity index is 5.10. The van der Waals surface area contributed by atoms with Crippen molar-refractivity contribution in [2.24, 2.45) is 28.1 Å². The first-order chi connectivity index (χ1) is 14.8. The Morgan fingerprint density at radius 3 is 2.03 bits per heavy atom. The molecule has 11 N–H and O–H groups in total. The molecule has 0 radical (unpaired) electrons. The highest BCUT2D eigenvalue weighted by molar-refractivity contribution is 5.94. The molecule has 0 fully saturated rings. The van der Waals surface area contributed by atoms with E-state index in [1.807, 2.05) is 0 Å². The van der Waals surface area contributed by atoms with Crippen LogP contribution in [0.1, 0.15) is 39.5 Å². The second-order valence-corrected chi connectivity index (χ2v) is 7.39. The molecule has 182 valence electrons. The first kappa shape index (κ1) is 28.6. The Labute approximate surface area is 185 Å². The maximum absolute atomic E-state index is 12.7. The number of amides is 3. The van der Waals surface area contributed by atoms with Crippen LogP contribution in [0, 0.1) is 5.92 Å². The summed E-state index contributed by atoms with van der Waals surface area (Å²) in [5.74, 6) is -5.16. The molecular formula is C18H33N7O7. The topological polar surface area (TPSA) is 252 Å². The molecule has 3 atom stereocenters. The highest BCUT2D eigenvalue weighted by Crippen LogP contribution is 2.06. The third-order valence-electron chi connectivity index (χ3n) is 4.24. The largest absolute Gasteiger partial charge is 0.481 e. The lowest BCUT2D eigenvalue weighted by atomic mass is 10.0. The molecule has 0 saturated heterocycles. The number of guanidine groups is 1. The van der Waals surface area contributed by atoms with E-state index in [0.717, 1.165) is 0 Å². The number of carboxylic acids is 2. The lowest BCUT2D eigenvalue weighted by molar-refractivity contribution is -0.140. The number of aliphatic imine (C=N–C) groups is 1. The summed E-state index contributed by atoms with van der Waals surface area (Å²) in [5, 5.41) is 24.5. The molecule has 0 saturated carbocycles. The molecular weight excluding hydrogens is 426 g/mol. The summed E-state index contributed by atoms with van der Waals surface area (Å²) in [5.41, 5.74) is 16.3. The van der Waals surface area contributed by atoms with Crippen LogP contribution in [0.5, 0.6) is 0 Å². The van der Waals surface area contributed by atoms with Gasteiger partial charge in [-0.2, -0.15) is 0 Å². The number of hydrogen-bond donors (Lipinski definition) is 8. The summed E-state index contributed by atoms with van der Waals surface area (Å²) in [7, 11) is 0. The number of nitrogens with zero attached hydrogens (tertiary/aromatic N) is 1. The summed E-state index contributed by atoms with van der Waals surface area (Å²) in [4.78, 5) is 62.6. The molecule has 14 nitrogen and oxygen atoms in total. The average molecular weight is 460 g/mol. The van der Waals surface area contributed by atoms with Gasteiger partial charge < -0.3 is 43.4 Å². The third-order valence-corrected chi connectivity index (χ3v) is 4.24. The summed E-state index contributed by atoms with van der Waals surface area (Å²) in [6.45, 7) is 2.91. The van der Waals surface area contributed by atoms with Crippen molar-refractivity contribution < 1.29 is 34.2 Å². The lowest BCUT2D eigenvalue weighted by Crippen LogP contribution is -2.57. The fraction of sp³-hybridized carbons (Fsp3) is 0.667. The van der Waals surface area contributed by atoms with Gasteiger partial charge >= 0.3 is 11.9 Å². The van der Waals surface area contributed by atoms with Crippen LogP contribution in [0.4, 0.5) is 0 Å². The maximum Gasteiger partial charge on any atom is 0.322 e. The van der Waals surface area contributed by atoms with Gasteiger partial charge in [-0.05, 0) is 25.2 Å². The van der Waals surface area contributed by atoms with Crippen molar-refractivity contribution in [1.82, 2.24) is 16.0 Å². The summed E-state index contributed by atoms with van der Waals surface area (Å²) >= 11 is 0. The predicted octanol–water partition coefficient (Wildman–Crippen LogP) is -2.94. The first-order valence-corrected chi connectivity index (χ1v) is 9.98. The third kappa shape index (κ3) is 12.3. The van der Waals surface area contributed by atoms with E-state index in [9.17, 15) is 24.0 Å². The van der Waals surface area contributed by atoms with E-state index in [1.165, 1.54) is 0 Å². The van der Waals surface area contributed by atoms with Gasteiger partial charge in [0.2, 0.25) is 17.7 Å². The van der Waals surface area contributed by atoms with Crippen molar-refractivity contribution in [2.45, 2.75) is 57.7 Å². The predicted molar refractivity (Wildman–Crippen MR) is 114 cm³/mol. The molecule has 0 aliphatic heterocycles. The first-order valence-electron chi connectivity index (χ1n) is 9.98. The van der Waals surface area contributed by atoms with Crippen LogP contribution in [0.2, 0.25) is 0 Å². The zero-order valence-corrected chi connectivity index (χ0v) is 18.2. The van der Waals surface area contributed by atoms with Gasteiger partial charge in [-0.3, -0.25) is 29.0 Å². The zero-order valence-electron chi connectivity index (χ0n) is 18.2. The molecule has 0 aromatic heterocycles. The molecule has 0 aromatic carbocycles. The van der Waals surface area contributed by atoms with E-state index in [4.69, 9.17) is 27.4 Å². The maximum atomic E-state index is 12.7. The second kappa shape index (κ2) is 14.6. The number of carboxylic acid groups (broad SMARTS) is 2. The van der Waals surface area contributed by atoms with Crippen LogP contribution in [0.25, 0.3) is 0 Å². The van der Waals surface area contributed by atoms with Gasteiger partial charge in [0.1, 0.15) is 18.6 Å². The van der Waals surface area contributed by atoms with Gasteiger partial charge in [-0.1, -0.05) is 13.8 Å². The van der Waals surface area contributed by atoms with E-state index in [2.05, 4.69) is 20.9 Å². The molecule has 3 amide bonds. The minimum absolute atomic E-state index is 0.0793. The molecule has 0 spiro atoms. The summed E-state index contributed by atoms with van der Waals surface area (Å²) in [6.07, 6.45) is -0.0136. The van der Waals surface area contributed by atoms with E-state index in [-0.39, 0.29) is 25.3 Å². The van der Waals surface area contributed by atoms with Crippen LogP contribution in [0.3, 0.4) is 0 Å². The molecule has 14 heteroatoms.